The molecule has 0 unspecified atom stereocenters. The molecule has 2 heterocycles. The highest BCUT2D eigenvalue weighted by Gasteiger charge is 2.30. The van der Waals surface area contributed by atoms with Gasteiger partial charge in [-0.2, -0.15) is 4.37 Å². The Kier molecular flexibility index (Phi) is 2.91. The Morgan fingerprint density at radius 2 is 2.39 bits per heavy atom. The highest BCUT2D eigenvalue weighted by molar-refractivity contribution is 7.10. The summed E-state index contributed by atoms with van der Waals surface area (Å²) in [7, 11) is 0. The fourth-order valence-electron chi connectivity index (χ4n) is 2.04. The molecular weight excluding hydrogens is 248 g/mol. The van der Waals surface area contributed by atoms with Gasteiger partial charge in [0.15, 0.2) is 5.82 Å². The summed E-state index contributed by atoms with van der Waals surface area (Å²) in [6, 6.07) is 0. The molecule has 2 aromatic heterocycles. The van der Waals surface area contributed by atoms with Gasteiger partial charge in [-0.25, -0.2) is 0 Å². The molecule has 3 rings (SSSR count). The van der Waals surface area contributed by atoms with Gasteiger partial charge in [-0.3, -0.25) is 0 Å². The van der Waals surface area contributed by atoms with E-state index >= 15 is 0 Å². The molecule has 18 heavy (non-hydrogen) atoms. The molecule has 6 nitrogen and oxygen atoms in total. The van der Waals surface area contributed by atoms with E-state index in [1.807, 2.05) is 4.57 Å². The number of anilines is 2. The summed E-state index contributed by atoms with van der Waals surface area (Å²) in [5.74, 6) is 2.23. The predicted molar refractivity (Wildman–Crippen MR) is 71.5 cm³/mol. The Bertz CT molecular complexity index is 541. The van der Waals surface area contributed by atoms with Crippen molar-refractivity contribution < 1.29 is 0 Å². The van der Waals surface area contributed by atoms with Crippen molar-refractivity contribution in [2.75, 3.05) is 11.1 Å². The standard InChI is InChI=1S/C11H16N6S/c1-2-17-6-14-15-8(17)5-13-11-9(7-3-4-7)10(12)16-18-11/h6-7,13H,2-5H2,1H3,(H2,12,16). The highest BCUT2D eigenvalue weighted by atomic mass is 32.1. The van der Waals surface area contributed by atoms with Crippen molar-refractivity contribution in [3.8, 4) is 0 Å². The van der Waals surface area contributed by atoms with E-state index in [0.717, 1.165) is 17.4 Å². The maximum Gasteiger partial charge on any atom is 0.152 e. The summed E-state index contributed by atoms with van der Waals surface area (Å²) in [5, 5.41) is 12.5. The van der Waals surface area contributed by atoms with Crippen LogP contribution in [0.5, 0.6) is 0 Å². The average Bonchev–Trinajstić information content (AvgIpc) is 2.99. The molecule has 1 aliphatic rings. The van der Waals surface area contributed by atoms with Crippen LogP contribution in [0.25, 0.3) is 0 Å². The lowest BCUT2D eigenvalue weighted by Crippen LogP contribution is -2.07. The molecule has 3 N–H and O–H groups in total. The van der Waals surface area contributed by atoms with Crippen LogP contribution in [0, 0.1) is 0 Å². The van der Waals surface area contributed by atoms with Crippen LogP contribution in [-0.4, -0.2) is 19.1 Å². The topological polar surface area (TPSA) is 81.7 Å². The monoisotopic (exact) mass is 264 g/mol. The van der Waals surface area contributed by atoms with Crippen LogP contribution in [0.1, 0.15) is 37.1 Å². The Hall–Kier alpha value is -1.63. The van der Waals surface area contributed by atoms with E-state index in [0.29, 0.717) is 18.3 Å². The van der Waals surface area contributed by atoms with Gasteiger partial charge in [-0.05, 0) is 37.2 Å². The lowest BCUT2D eigenvalue weighted by Gasteiger charge is -2.06. The summed E-state index contributed by atoms with van der Waals surface area (Å²) in [4.78, 5) is 0. The van der Waals surface area contributed by atoms with E-state index in [2.05, 4.69) is 26.8 Å². The first-order valence-electron chi connectivity index (χ1n) is 6.15. The van der Waals surface area contributed by atoms with Crippen LogP contribution < -0.4 is 11.1 Å². The largest absolute Gasteiger partial charge is 0.383 e. The Balaban J connectivity index is 1.73. The zero-order valence-corrected chi connectivity index (χ0v) is 11.1. The van der Waals surface area contributed by atoms with Gasteiger partial charge in [0.05, 0.1) is 6.54 Å². The number of rotatable bonds is 5. The zero-order chi connectivity index (χ0) is 12.5. The first-order valence-corrected chi connectivity index (χ1v) is 6.92. The van der Waals surface area contributed by atoms with Crippen molar-refractivity contribution in [2.45, 2.75) is 38.8 Å². The number of nitrogens with one attached hydrogen (secondary N) is 1. The molecule has 0 atom stereocenters. The molecule has 1 fully saturated rings. The van der Waals surface area contributed by atoms with Crippen molar-refractivity contribution in [2.24, 2.45) is 0 Å². The van der Waals surface area contributed by atoms with Crippen molar-refractivity contribution in [3.63, 3.8) is 0 Å². The molecule has 1 aliphatic carbocycles. The second kappa shape index (κ2) is 4.56. The molecule has 0 bridgehead atoms. The predicted octanol–water partition coefficient (Wildman–Crippen LogP) is 1.83. The average molecular weight is 264 g/mol. The minimum absolute atomic E-state index is 0.607. The molecule has 96 valence electrons. The van der Waals surface area contributed by atoms with Gasteiger partial charge in [-0.15, -0.1) is 10.2 Å². The molecule has 0 amide bonds. The number of aryl methyl sites for hydroxylation is 1. The van der Waals surface area contributed by atoms with Gasteiger partial charge >= 0.3 is 0 Å². The summed E-state index contributed by atoms with van der Waals surface area (Å²) in [6.45, 7) is 3.62. The third-order valence-electron chi connectivity index (χ3n) is 3.18. The van der Waals surface area contributed by atoms with Crippen molar-refractivity contribution in [1.82, 2.24) is 19.1 Å². The molecular formula is C11H16N6S. The van der Waals surface area contributed by atoms with Crippen molar-refractivity contribution in [1.29, 1.82) is 0 Å². The zero-order valence-electron chi connectivity index (χ0n) is 10.3. The van der Waals surface area contributed by atoms with Crippen LogP contribution in [0.4, 0.5) is 10.8 Å². The van der Waals surface area contributed by atoms with E-state index in [1.54, 1.807) is 6.33 Å². The third kappa shape index (κ3) is 2.05. The Morgan fingerprint density at radius 1 is 1.56 bits per heavy atom. The normalized spacial score (nSPS) is 14.9. The quantitative estimate of drug-likeness (QED) is 0.861. The summed E-state index contributed by atoms with van der Waals surface area (Å²) < 4.78 is 6.26. The highest BCUT2D eigenvalue weighted by Crippen LogP contribution is 2.47. The van der Waals surface area contributed by atoms with Gasteiger partial charge in [0.1, 0.15) is 17.1 Å². The minimum Gasteiger partial charge on any atom is -0.383 e. The fraction of sp³-hybridized carbons (Fsp3) is 0.545. The molecule has 0 saturated heterocycles. The van der Waals surface area contributed by atoms with E-state index in [-0.39, 0.29) is 0 Å². The van der Waals surface area contributed by atoms with Crippen LogP contribution in [0.2, 0.25) is 0 Å². The van der Waals surface area contributed by atoms with Gasteiger partial charge < -0.3 is 15.6 Å². The molecule has 0 spiro atoms. The van der Waals surface area contributed by atoms with Gasteiger partial charge in [0, 0.05) is 12.1 Å². The summed E-state index contributed by atoms with van der Waals surface area (Å²) in [6.07, 6.45) is 4.20. The SMILES string of the molecule is CCn1cnnc1CNc1snc(N)c1C1CC1. The molecule has 1 saturated carbocycles. The molecule has 0 radical (unpaired) electrons. The van der Waals surface area contributed by atoms with Crippen molar-refractivity contribution in [3.05, 3.63) is 17.7 Å². The first-order chi connectivity index (χ1) is 8.79. The maximum absolute atomic E-state index is 5.91. The van der Waals surface area contributed by atoms with Gasteiger partial charge in [0.2, 0.25) is 0 Å². The summed E-state index contributed by atoms with van der Waals surface area (Å²) >= 11 is 1.44. The van der Waals surface area contributed by atoms with Crippen LogP contribution >= 0.6 is 11.5 Å². The smallest absolute Gasteiger partial charge is 0.152 e. The second-order valence-electron chi connectivity index (χ2n) is 4.47. The number of nitrogens with two attached hydrogens (primary N) is 1. The number of hydrogen-bond donors (Lipinski definition) is 2. The number of hydrogen-bond acceptors (Lipinski definition) is 6. The number of nitrogen functional groups attached to an aromatic ring is 1. The number of nitrogens with zero attached hydrogens (tertiary/aromatic N) is 4. The lowest BCUT2D eigenvalue weighted by atomic mass is 10.2. The second-order valence-corrected chi connectivity index (χ2v) is 5.25. The van der Waals surface area contributed by atoms with Crippen LogP contribution in [0.3, 0.4) is 0 Å². The number of aromatic nitrogens is 4. The lowest BCUT2D eigenvalue weighted by molar-refractivity contribution is 0.708. The van der Waals surface area contributed by atoms with E-state index in [4.69, 9.17) is 5.73 Å². The van der Waals surface area contributed by atoms with Gasteiger partial charge in [0.25, 0.3) is 0 Å². The van der Waals surface area contributed by atoms with E-state index < -0.39 is 0 Å². The van der Waals surface area contributed by atoms with Gasteiger partial charge in [-0.1, -0.05) is 0 Å². The van der Waals surface area contributed by atoms with Crippen LogP contribution in [0.15, 0.2) is 6.33 Å². The minimum atomic E-state index is 0.607. The first kappa shape index (κ1) is 11.5. The Labute approximate surface area is 109 Å². The molecule has 0 aromatic carbocycles. The Morgan fingerprint density at radius 3 is 3.11 bits per heavy atom. The van der Waals surface area contributed by atoms with E-state index in [1.165, 1.54) is 29.9 Å². The molecule has 7 heteroatoms. The third-order valence-corrected chi connectivity index (χ3v) is 4.02. The molecule has 2 aromatic rings. The van der Waals surface area contributed by atoms with Crippen molar-refractivity contribution >= 4 is 22.4 Å². The molecule has 0 aliphatic heterocycles. The summed E-state index contributed by atoms with van der Waals surface area (Å²) in [5.41, 5.74) is 7.11. The van der Waals surface area contributed by atoms with Crippen LogP contribution in [-0.2, 0) is 13.1 Å². The fourth-order valence-corrected chi connectivity index (χ4v) is 2.84. The maximum atomic E-state index is 5.91. The van der Waals surface area contributed by atoms with E-state index in [9.17, 15) is 0 Å².